The molecule has 0 atom stereocenters. The van der Waals surface area contributed by atoms with Gasteiger partial charge in [0.25, 0.3) is 0 Å². The molecule has 6 heteroatoms. The summed E-state index contributed by atoms with van der Waals surface area (Å²) in [5.74, 6) is 0.805. The highest BCUT2D eigenvalue weighted by Gasteiger charge is 2.02. The molecular weight excluding hydrogens is 268 g/mol. The Kier molecular flexibility index (Phi) is 7.39. The highest BCUT2D eigenvalue weighted by atomic mass is 35.5. The molecule has 1 aromatic rings. The molecule has 0 saturated carbocycles. The van der Waals surface area contributed by atoms with Crippen molar-refractivity contribution in [3.05, 3.63) is 11.2 Å². The Bertz CT molecular complexity index is 358. The van der Waals surface area contributed by atoms with Crippen LogP contribution in [-0.2, 0) is 0 Å². The van der Waals surface area contributed by atoms with Crippen LogP contribution in [0, 0.1) is 0 Å². The monoisotopic (exact) mass is 288 g/mol. The maximum Gasteiger partial charge on any atom is 0.190 e. The van der Waals surface area contributed by atoms with Gasteiger partial charge in [-0.3, -0.25) is 0 Å². The minimum absolute atomic E-state index is 0.487. The van der Waals surface area contributed by atoms with Gasteiger partial charge in [0.05, 0.1) is 0 Å². The Morgan fingerprint density at radius 2 is 2.06 bits per heavy atom. The van der Waals surface area contributed by atoms with Gasteiger partial charge in [-0.2, -0.15) is 0 Å². The van der Waals surface area contributed by atoms with Gasteiger partial charge in [0.1, 0.15) is 11.0 Å². The Balaban J connectivity index is 2.37. The van der Waals surface area contributed by atoms with Crippen LogP contribution in [-0.4, -0.2) is 47.3 Å². The Morgan fingerprint density at radius 1 is 1.33 bits per heavy atom. The smallest absolute Gasteiger partial charge is 0.190 e. The van der Waals surface area contributed by atoms with E-state index in [0.717, 1.165) is 38.4 Å². The largest absolute Gasteiger partial charge is 0.370 e. The average molecular weight is 289 g/mol. The fraction of sp³-hybridized carbons (Fsp3) is 0.667. The van der Waals surface area contributed by atoms with Crippen molar-refractivity contribution in [2.24, 2.45) is 0 Å². The Morgan fingerprint density at radius 3 is 2.67 bits per heavy atom. The van der Waals surface area contributed by atoms with Crippen molar-refractivity contribution in [1.82, 2.24) is 14.9 Å². The summed E-state index contributed by atoms with van der Waals surface area (Å²) in [6, 6.07) is 1.76. The molecule has 0 aliphatic rings. The normalized spacial score (nSPS) is 10.9. The van der Waals surface area contributed by atoms with Crippen LogP contribution in [0.3, 0.4) is 0 Å². The summed E-state index contributed by atoms with van der Waals surface area (Å²) in [6.45, 7) is 8.59. The van der Waals surface area contributed by atoms with E-state index in [1.54, 1.807) is 6.07 Å². The van der Waals surface area contributed by atoms with Crippen LogP contribution in [0.4, 0.5) is 5.82 Å². The zero-order chi connectivity index (χ0) is 13.4. The number of halogens is 1. The summed E-state index contributed by atoms with van der Waals surface area (Å²) in [5, 5.41) is 4.48. The number of nitrogens with one attached hydrogen (secondary N) is 1. The van der Waals surface area contributed by atoms with Gasteiger partial charge in [-0.15, -0.1) is 0 Å². The lowest BCUT2D eigenvalue weighted by molar-refractivity contribution is 0.303. The van der Waals surface area contributed by atoms with E-state index in [-0.39, 0.29) is 0 Å². The quantitative estimate of drug-likeness (QED) is 0.345. The van der Waals surface area contributed by atoms with Gasteiger partial charge >= 0.3 is 0 Å². The molecule has 0 unspecified atom stereocenters. The molecule has 18 heavy (non-hydrogen) atoms. The summed E-state index contributed by atoms with van der Waals surface area (Å²) in [4.78, 5) is 10.9. The number of aromatic nitrogens is 2. The predicted molar refractivity (Wildman–Crippen MR) is 79.7 cm³/mol. The zero-order valence-corrected chi connectivity index (χ0v) is 12.8. The van der Waals surface area contributed by atoms with Gasteiger partial charge in [-0.1, -0.05) is 37.2 Å². The topological polar surface area (TPSA) is 41.0 Å². The van der Waals surface area contributed by atoms with E-state index in [4.69, 9.17) is 11.6 Å². The SMILES string of the molecule is CCN(CC)CCCNc1cc(Cl)nc(SC)n1. The van der Waals surface area contributed by atoms with E-state index in [1.165, 1.54) is 11.8 Å². The predicted octanol–water partition coefficient (Wildman–Crippen LogP) is 3.00. The number of hydrogen-bond acceptors (Lipinski definition) is 5. The maximum atomic E-state index is 5.92. The zero-order valence-electron chi connectivity index (χ0n) is 11.2. The van der Waals surface area contributed by atoms with Gasteiger partial charge in [0.2, 0.25) is 0 Å². The highest BCUT2D eigenvalue weighted by Crippen LogP contribution is 2.16. The number of rotatable bonds is 8. The first kappa shape index (κ1) is 15.5. The molecule has 1 aromatic heterocycles. The molecule has 0 saturated heterocycles. The lowest BCUT2D eigenvalue weighted by Gasteiger charge is -2.17. The fourth-order valence-corrected chi connectivity index (χ4v) is 2.25. The third kappa shape index (κ3) is 5.42. The summed E-state index contributed by atoms with van der Waals surface area (Å²) in [6.07, 6.45) is 3.04. The first-order valence-corrected chi connectivity index (χ1v) is 7.84. The van der Waals surface area contributed by atoms with E-state index in [9.17, 15) is 0 Å². The van der Waals surface area contributed by atoms with Crippen molar-refractivity contribution in [3.63, 3.8) is 0 Å². The van der Waals surface area contributed by atoms with E-state index < -0.39 is 0 Å². The number of nitrogens with zero attached hydrogens (tertiary/aromatic N) is 3. The third-order valence-corrected chi connectivity index (χ3v) is 3.45. The van der Waals surface area contributed by atoms with Crippen molar-refractivity contribution in [1.29, 1.82) is 0 Å². The van der Waals surface area contributed by atoms with Crippen molar-refractivity contribution in [3.8, 4) is 0 Å². The van der Waals surface area contributed by atoms with Crippen LogP contribution in [0.15, 0.2) is 11.2 Å². The van der Waals surface area contributed by atoms with E-state index in [2.05, 4.69) is 34.0 Å². The number of thioether (sulfide) groups is 1. The molecule has 0 aliphatic carbocycles. The van der Waals surface area contributed by atoms with Crippen molar-refractivity contribution >= 4 is 29.2 Å². The lowest BCUT2D eigenvalue weighted by Crippen LogP contribution is -2.25. The van der Waals surface area contributed by atoms with Gasteiger partial charge in [0, 0.05) is 12.6 Å². The lowest BCUT2D eigenvalue weighted by atomic mass is 10.3. The molecule has 0 spiro atoms. The maximum absolute atomic E-state index is 5.92. The first-order chi connectivity index (χ1) is 8.69. The van der Waals surface area contributed by atoms with Crippen LogP contribution in [0.5, 0.6) is 0 Å². The minimum atomic E-state index is 0.487. The van der Waals surface area contributed by atoms with Crippen LogP contribution < -0.4 is 5.32 Å². The first-order valence-electron chi connectivity index (χ1n) is 6.24. The van der Waals surface area contributed by atoms with Crippen molar-refractivity contribution < 1.29 is 0 Å². The van der Waals surface area contributed by atoms with Crippen LogP contribution >= 0.6 is 23.4 Å². The van der Waals surface area contributed by atoms with E-state index in [1.807, 2.05) is 6.26 Å². The average Bonchev–Trinajstić information content (AvgIpc) is 2.38. The standard InChI is InChI=1S/C12H21ClN4S/c1-4-17(5-2)8-6-7-14-11-9-10(13)15-12(16-11)18-3/h9H,4-8H2,1-3H3,(H,14,15,16). The van der Waals surface area contributed by atoms with Crippen LogP contribution in [0.25, 0.3) is 0 Å². The molecule has 102 valence electrons. The molecule has 0 aromatic carbocycles. The molecule has 4 nitrogen and oxygen atoms in total. The highest BCUT2D eigenvalue weighted by molar-refractivity contribution is 7.98. The molecule has 0 radical (unpaired) electrons. The third-order valence-electron chi connectivity index (χ3n) is 2.71. The van der Waals surface area contributed by atoms with Gasteiger partial charge in [0.15, 0.2) is 5.16 Å². The molecule has 0 bridgehead atoms. The summed E-state index contributed by atoms with van der Waals surface area (Å²) in [5.41, 5.74) is 0. The summed E-state index contributed by atoms with van der Waals surface area (Å²) < 4.78 is 0. The molecule has 1 heterocycles. The van der Waals surface area contributed by atoms with Crippen LogP contribution in [0.2, 0.25) is 5.15 Å². The van der Waals surface area contributed by atoms with E-state index >= 15 is 0 Å². The number of anilines is 1. The van der Waals surface area contributed by atoms with Crippen LogP contribution in [0.1, 0.15) is 20.3 Å². The van der Waals surface area contributed by atoms with Gasteiger partial charge < -0.3 is 10.2 Å². The molecule has 0 fully saturated rings. The second-order valence-corrected chi connectivity index (χ2v) is 5.03. The van der Waals surface area contributed by atoms with Gasteiger partial charge in [-0.05, 0) is 32.3 Å². The number of hydrogen-bond donors (Lipinski definition) is 1. The van der Waals surface area contributed by atoms with Crippen molar-refractivity contribution in [2.45, 2.75) is 25.4 Å². The molecule has 1 rings (SSSR count). The van der Waals surface area contributed by atoms with Crippen molar-refractivity contribution in [2.75, 3.05) is 37.8 Å². The second kappa shape index (κ2) is 8.56. The molecule has 0 aliphatic heterocycles. The molecule has 0 amide bonds. The van der Waals surface area contributed by atoms with Gasteiger partial charge in [-0.25, -0.2) is 9.97 Å². The molecule has 1 N–H and O–H groups in total. The summed E-state index contributed by atoms with van der Waals surface area (Å²) >= 11 is 7.42. The second-order valence-electron chi connectivity index (χ2n) is 3.87. The molecular formula is C12H21ClN4S. The van der Waals surface area contributed by atoms with E-state index in [0.29, 0.717) is 10.3 Å². The minimum Gasteiger partial charge on any atom is -0.370 e. The Labute approximate surface area is 119 Å². The fourth-order valence-electron chi connectivity index (χ4n) is 1.64. The summed E-state index contributed by atoms with van der Waals surface area (Å²) in [7, 11) is 0. The Hall–Kier alpha value is -0.520.